The van der Waals surface area contributed by atoms with Crippen LogP contribution in [0.4, 0.5) is 5.69 Å². The Balaban J connectivity index is 1.93. The van der Waals surface area contributed by atoms with Crippen molar-refractivity contribution in [3.8, 4) is 5.75 Å². The first-order valence-electron chi connectivity index (χ1n) is 5.73. The highest BCUT2D eigenvalue weighted by Crippen LogP contribution is 2.14. The van der Waals surface area contributed by atoms with Crippen LogP contribution in [0.15, 0.2) is 35.5 Å². The molecule has 0 bridgehead atoms. The Hall–Kier alpha value is -2.57. The average Bonchev–Trinajstić information content (AvgIpc) is 2.83. The van der Waals surface area contributed by atoms with Crippen LogP contribution in [0.2, 0.25) is 0 Å². The molecule has 0 aliphatic heterocycles. The van der Waals surface area contributed by atoms with Crippen LogP contribution in [0, 0.1) is 0 Å². The normalized spacial score (nSPS) is 11.4. The minimum absolute atomic E-state index is 0.329. The molecule has 0 aliphatic rings. The van der Waals surface area contributed by atoms with Crippen molar-refractivity contribution in [2.45, 2.75) is 6.54 Å². The van der Waals surface area contributed by atoms with Gasteiger partial charge in [-0.3, -0.25) is 0 Å². The summed E-state index contributed by atoms with van der Waals surface area (Å²) < 4.78 is 5.08. The average molecular weight is 260 g/mol. The Kier molecular flexibility index (Phi) is 3.97. The summed E-state index contributed by atoms with van der Waals surface area (Å²) in [4.78, 5) is 5.67. The zero-order chi connectivity index (χ0) is 13.7. The minimum Gasteiger partial charge on any atom is -0.497 e. The van der Waals surface area contributed by atoms with E-state index >= 15 is 0 Å². The van der Waals surface area contributed by atoms with Crippen LogP contribution in [0.25, 0.3) is 0 Å². The molecule has 19 heavy (non-hydrogen) atoms. The molecule has 1 aromatic heterocycles. The molecular formula is C12H16N6O. The largest absolute Gasteiger partial charge is 0.497 e. The van der Waals surface area contributed by atoms with Crippen molar-refractivity contribution in [1.82, 2.24) is 15.0 Å². The molecule has 0 aliphatic carbocycles. The van der Waals surface area contributed by atoms with E-state index in [9.17, 15) is 0 Å². The van der Waals surface area contributed by atoms with Crippen LogP contribution >= 0.6 is 0 Å². The molecule has 1 aromatic carbocycles. The molecule has 0 fully saturated rings. The molecule has 0 amide bonds. The third-order valence-corrected chi connectivity index (χ3v) is 2.42. The van der Waals surface area contributed by atoms with Crippen molar-refractivity contribution < 1.29 is 4.74 Å². The smallest absolute Gasteiger partial charge is 0.193 e. The molecule has 7 nitrogen and oxygen atoms in total. The summed E-state index contributed by atoms with van der Waals surface area (Å²) in [5.41, 5.74) is 7.40. The van der Waals surface area contributed by atoms with Crippen molar-refractivity contribution in [2.75, 3.05) is 12.4 Å². The molecule has 2 aromatic rings. The van der Waals surface area contributed by atoms with Crippen LogP contribution in [0.5, 0.6) is 5.75 Å². The van der Waals surface area contributed by atoms with Crippen LogP contribution in [-0.2, 0) is 13.6 Å². The summed E-state index contributed by atoms with van der Waals surface area (Å²) in [5, 5.41) is 11.1. The number of hydrogen-bond donors (Lipinski definition) is 2. The van der Waals surface area contributed by atoms with Gasteiger partial charge in [0.1, 0.15) is 11.4 Å². The van der Waals surface area contributed by atoms with Crippen molar-refractivity contribution in [2.24, 2.45) is 17.8 Å². The lowest BCUT2D eigenvalue weighted by Gasteiger charge is -2.06. The van der Waals surface area contributed by atoms with Crippen LogP contribution in [0.1, 0.15) is 5.69 Å². The molecular weight excluding hydrogens is 244 g/mol. The van der Waals surface area contributed by atoms with Gasteiger partial charge < -0.3 is 15.8 Å². The fourth-order valence-electron chi connectivity index (χ4n) is 1.49. The highest BCUT2D eigenvalue weighted by molar-refractivity contribution is 5.92. The lowest BCUT2D eigenvalue weighted by molar-refractivity contribution is 0.415. The fourth-order valence-corrected chi connectivity index (χ4v) is 1.49. The molecule has 2 rings (SSSR count). The Morgan fingerprint density at radius 1 is 1.42 bits per heavy atom. The number of aromatic nitrogens is 3. The quantitative estimate of drug-likeness (QED) is 0.625. The van der Waals surface area contributed by atoms with E-state index in [-0.39, 0.29) is 0 Å². The number of methoxy groups -OCH3 is 1. The van der Waals surface area contributed by atoms with Crippen molar-refractivity contribution in [3.63, 3.8) is 0 Å². The summed E-state index contributed by atoms with van der Waals surface area (Å²) in [5.74, 6) is 1.12. The first-order chi connectivity index (χ1) is 9.17. The first kappa shape index (κ1) is 12.9. The lowest BCUT2D eigenvalue weighted by Crippen LogP contribution is -2.22. The third-order valence-electron chi connectivity index (χ3n) is 2.42. The molecule has 1 heterocycles. The number of nitrogens with two attached hydrogens (primary N) is 1. The molecule has 0 spiro atoms. The zero-order valence-electron chi connectivity index (χ0n) is 10.9. The standard InChI is InChI=1S/C12H16N6O/c1-18-15-8-10(17-18)7-14-12(13)16-9-3-5-11(19-2)6-4-9/h3-6,8H,7H2,1-2H3,(H3,13,14,16). The monoisotopic (exact) mass is 260 g/mol. The maximum absolute atomic E-state index is 5.78. The Bertz CT molecular complexity index is 560. The topological polar surface area (TPSA) is 90.4 Å². The van der Waals surface area contributed by atoms with E-state index in [2.05, 4.69) is 20.5 Å². The maximum Gasteiger partial charge on any atom is 0.193 e. The van der Waals surface area contributed by atoms with Gasteiger partial charge in [0, 0.05) is 12.7 Å². The molecule has 3 N–H and O–H groups in total. The van der Waals surface area contributed by atoms with Crippen LogP contribution in [-0.4, -0.2) is 28.1 Å². The molecule has 100 valence electrons. The number of benzene rings is 1. The van der Waals surface area contributed by atoms with E-state index in [1.54, 1.807) is 20.4 Å². The Morgan fingerprint density at radius 2 is 2.16 bits per heavy atom. The van der Waals surface area contributed by atoms with Gasteiger partial charge in [0.2, 0.25) is 0 Å². The van der Waals surface area contributed by atoms with Gasteiger partial charge in [-0.05, 0) is 24.3 Å². The van der Waals surface area contributed by atoms with E-state index in [0.717, 1.165) is 17.1 Å². The van der Waals surface area contributed by atoms with Gasteiger partial charge in [0.05, 0.1) is 19.9 Å². The SMILES string of the molecule is COc1ccc(NC(N)=NCc2cnn(C)n2)cc1. The molecule has 0 radical (unpaired) electrons. The number of nitrogens with zero attached hydrogens (tertiary/aromatic N) is 4. The van der Waals surface area contributed by atoms with Gasteiger partial charge in [-0.25, -0.2) is 4.99 Å². The van der Waals surface area contributed by atoms with Crippen LogP contribution < -0.4 is 15.8 Å². The van der Waals surface area contributed by atoms with Gasteiger partial charge in [-0.1, -0.05) is 0 Å². The molecule has 0 saturated heterocycles. The van der Waals surface area contributed by atoms with E-state index in [1.165, 1.54) is 4.80 Å². The molecule has 0 atom stereocenters. The number of hydrogen-bond acceptors (Lipinski definition) is 4. The zero-order valence-corrected chi connectivity index (χ0v) is 10.9. The molecule has 7 heteroatoms. The van der Waals surface area contributed by atoms with Gasteiger partial charge in [-0.2, -0.15) is 15.0 Å². The van der Waals surface area contributed by atoms with Gasteiger partial charge in [-0.15, -0.1) is 0 Å². The van der Waals surface area contributed by atoms with Gasteiger partial charge in [0.15, 0.2) is 5.96 Å². The summed E-state index contributed by atoms with van der Waals surface area (Å²) >= 11 is 0. The second-order valence-corrected chi connectivity index (χ2v) is 3.88. The number of ether oxygens (including phenoxy) is 1. The summed E-state index contributed by atoms with van der Waals surface area (Å²) in [6, 6.07) is 7.42. The number of anilines is 1. The van der Waals surface area contributed by atoms with E-state index in [1.807, 2.05) is 24.3 Å². The highest BCUT2D eigenvalue weighted by Gasteiger charge is 1.99. The van der Waals surface area contributed by atoms with E-state index in [0.29, 0.717) is 12.5 Å². The Morgan fingerprint density at radius 3 is 2.74 bits per heavy atom. The Labute approximate surface area is 111 Å². The van der Waals surface area contributed by atoms with Crippen molar-refractivity contribution in [3.05, 3.63) is 36.2 Å². The maximum atomic E-state index is 5.78. The number of guanidine groups is 1. The second kappa shape index (κ2) is 5.85. The van der Waals surface area contributed by atoms with Crippen LogP contribution in [0.3, 0.4) is 0 Å². The predicted molar refractivity (Wildman–Crippen MR) is 72.9 cm³/mol. The number of nitrogens with one attached hydrogen (secondary N) is 1. The predicted octanol–water partition coefficient (Wildman–Crippen LogP) is 0.750. The summed E-state index contributed by atoms with van der Waals surface area (Å²) in [6.45, 7) is 0.392. The first-order valence-corrected chi connectivity index (χ1v) is 5.73. The summed E-state index contributed by atoms with van der Waals surface area (Å²) in [7, 11) is 3.38. The second-order valence-electron chi connectivity index (χ2n) is 3.88. The molecule has 0 saturated carbocycles. The van der Waals surface area contributed by atoms with E-state index < -0.39 is 0 Å². The fraction of sp³-hybridized carbons (Fsp3) is 0.250. The summed E-state index contributed by atoms with van der Waals surface area (Å²) in [6.07, 6.45) is 1.66. The van der Waals surface area contributed by atoms with E-state index in [4.69, 9.17) is 10.5 Å². The van der Waals surface area contributed by atoms with Crippen molar-refractivity contribution >= 4 is 11.6 Å². The van der Waals surface area contributed by atoms with Gasteiger partial charge in [0.25, 0.3) is 0 Å². The number of aryl methyl sites for hydroxylation is 1. The van der Waals surface area contributed by atoms with Crippen molar-refractivity contribution in [1.29, 1.82) is 0 Å². The highest BCUT2D eigenvalue weighted by atomic mass is 16.5. The number of rotatable bonds is 4. The number of aliphatic imine (C=N–C) groups is 1. The minimum atomic E-state index is 0.329. The van der Waals surface area contributed by atoms with Gasteiger partial charge >= 0.3 is 0 Å². The molecule has 0 unspecified atom stereocenters. The third kappa shape index (κ3) is 3.70. The lowest BCUT2D eigenvalue weighted by atomic mass is 10.3.